The van der Waals surface area contributed by atoms with Crippen molar-refractivity contribution < 1.29 is 9.90 Å². The third-order valence-electron chi connectivity index (χ3n) is 7.33. The fourth-order valence-electron chi connectivity index (χ4n) is 5.38. The molecule has 0 saturated carbocycles. The van der Waals surface area contributed by atoms with Crippen molar-refractivity contribution in [1.29, 1.82) is 0 Å². The second-order valence-corrected chi connectivity index (χ2v) is 9.89. The number of aryl methyl sites for hydroxylation is 1. The van der Waals surface area contributed by atoms with Crippen LogP contribution in [0.25, 0.3) is 22.3 Å². The summed E-state index contributed by atoms with van der Waals surface area (Å²) in [7, 11) is 1.82. The number of piperidine rings is 1. The molecule has 4 aromatic rings. The first-order valence-electron chi connectivity index (χ1n) is 12.8. The first-order chi connectivity index (χ1) is 18.0. The van der Waals surface area contributed by atoms with E-state index in [4.69, 9.17) is 4.98 Å². The highest BCUT2D eigenvalue weighted by Crippen LogP contribution is 2.40. The third-order valence-corrected chi connectivity index (χ3v) is 7.33. The van der Waals surface area contributed by atoms with Gasteiger partial charge in [0.15, 0.2) is 0 Å². The predicted octanol–water partition coefficient (Wildman–Crippen LogP) is 5.19. The molecule has 0 atom stereocenters. The zero-order valence-corrected chi connectivity index (χ0v) is 21.2. The maximum atomic E-state index is 13.6. The molecule has 0 radical (unpaired) electrons. The molecule has 8 heteroatoms. The van der Waals surface area contributed by atoms with Crippen LogP contribution in [0, 0.1) is 6.92 Å². The summed E-state index contributed by atoms with van der Waals surface area (Å²) in [6.45, 7) is 4.63. The quantitative estimate of drug-likeness (QED) is 0.420. The molecule has 2 aliphatic rings. The van der Waals surface area contributed by atoms with E-state index in [2.05, 4.69) is 33.9 Å². The van der Waals surface area contributed by atoms with Crippen LogP contribution in [-0.4, -0.2) is 51.1 Å². The van der Waals surface area contributed by atoms with Crippen molar-refractivity contribution in [3.05, 3.63) is 71.7 Å². The standard InChI is InChI=1S/C29H30N6O2/c1-19-14-23(8-11-26(19)34-12-4-3-5-13-34)35-28-21(17-33(2)29(35)37)16-31-25-10-9-24(32-27(25)28)20-6-7-22(18-36)30-15-20/h6-11,14-16,36H,3-5,12-13,17-18H2,1-2H3. The number of benzene rings is 1. The summed E-state index contributed by atoms with van der Waals surface area (Å²) in [5, 5.41) is 9.34. The predicted molar refractivity (Wildman–Crippen MR) is 145 cm³/mol. The first-order valence-corrected chi connectivity index (χ1v) is 12.8. The molecule has 1 saturated heterocycles. The maximum absolute atomic E-state index is 13.6. The van der Waals surface area contributed by atoms with E-state index in [1.165, 1.54) is 24.9 Å². The average Bonchev–Trinajstić information content (AvgIpc) is 2.94. The molecule has 0 spiro atoms. The molecule has 0 aliphatic carbocycles. The van der Waals surface area contributed by atoms with E-state index in [1.807, 2.05) is 37.5 Å². The number of aliphatic hydroxyl groups is 1. The summed E-state index contributed by atoms with van der Waals surface area (Å²) >= 11 is 0. The van der Waals surface area contributed by atoms with E-state index in [9.17, 15) is 9.90 Å². The number of carbonyl (C=O) groups excluding carboxylic acids is 1. The summed E-state index contributed by atoms with van der Waals surface area (Å²) < 4.78 is 0. The van der Waals surface area contributed by atoms with E-state index in [-0.39, 0.29) is 12.6 Å². The van der Waals surface area contributed by atoms with Crippen molar-refractivity contribution >= 4 is 34.1 Å². The van der Waals surface area contributed by atoms with Crippen LogP contribution in [0.4, 0.5) is 21.9 Å². The van der Waals surface area contributed by atoms with Gasteiger partial charge in [0.1, 0.15) is 5.52 Å². The van der Waals surface area contributed by atoms with Crippen LogP contribution < -0.4 is 9.80 Å². The number of amides is 2. The fourth-order valence-corrected chi connectivity index (χ4v) is 5.38. The number of fused-ring (bicyclic) bond motifs is 3. The number of carbonyl (C=O) groups is 1. The number of aliphatic hydroxyl groups excluding tert-OH is 1. The zero-order valence-electron chi connectivity index (χ0n) is 21.2. The molecule has 6 rings (SSSR count). The molecule has 188 valence electrons. The van der Waals surface area contributed by atoms with Crippen molar-refractivity contribution in [1.82, 2.24) is 19.9 Å². The number of rotatable bonds is 4. The molecule has 5 heterocycles. The molecule has 3 aromatic heterocycles. The molecule has 0 bridgehead atoms. The summed E-state index contributed by atoms with van der Waals surface area (Å²) in [5.41, 5.74) is 8.53. The monoisotopic (exact) mass is 494 g/mol. The van der Waals surface area contributed by atoms with Crippen LogP contribution in [0.3, 0.4) is 0 Å². The van der Waals surface area contributed by atoms with Crippen molar-refractivity contribution in [3.63, 3.8) is 0 Å². The van der Waals surface area contributed by atoms with Crippen molar-refractivity contribution in [2.24, 2.45) is 0 Å². The van der Waals surface area contributed by atoms with Gasteiger partial charge >= 0.3 is 6.03 Å². The van der Waals surface area contributed by atoms with Crippen LogP contribution in [0.1, 0.15) is 36.1 Å². The first kappa shape index (κ1) is 23.4. The highest BCUT2D eigenvalue weighted by molar-refractivity contribution is 6.08. The van der Waals surface area contributed by atoms with E-state index in [1.54, 1.807) is 22.1 Å². The number of hydrogen-bond acceptors (Lipinski definition) is 6. The lowest BCUT2D eigenvalue weighted by molar-refractivity contribution is 0.213. The molecule has 1 N–H and O–H groups in total. The topological polar surface area (TPSA) is 85.7 Å². The Morgan fingerprint density at radius 1 is 0.973 bits per heavy atom. The fraction of sp³-hybridized carbons (Fsp3) is 0.310. The van der Waals surface area contributed by atoms with Gasteiger partial charge in [-0.3, -0.25) is 14.9 Å². The molecule has 37 heavy (non-hydrogen) atoms. The van der Waals surface area contributed by atoms with Crippen LogP contribution >= 0.6 is 0 Å². The highest BCUT2D eigenvalue weighted by atomic mass is 16.3. The molecule has 0 unspecified atom stereocenters. The van der Waals surface area contributed by atoms with Gasteiger partial charge in [0, 0.05) is 49.3 Å². The largest absolute Gasteiger partial charge is 0.390 e. The molecule has 1 aromatic carbocycles. The van der Waals surface area contributed by atoms with Gasteiger partial charge in [0.2, 0.25) is 0 Å². The smallest absolute Gasteiger partial charge is 0.329 e. The van der Waals surface area contributed by atoms with Crippen molar-refractivity contribution in [3.8, 4) is 11.3 Å². The Bertz CT molecular complexity index is 1480. The lowest BCUT2D eigenvalue weighted by Gasteiger charge is -2.36. The average molecular weight is 495 g/mol. The summed E-state index contributed by atoms with van der Waals surface area (Å²) in [5.74, 6) is 0. The Hall–Kier alpha value is -4.04. The summed E-state index contributed by atoms with van der Waals surface area (Å²) in [6.07, 6.45) is 7.28. The van der Waals surface area contributed by atoms with Gasteiger partial charge in [0.25, 0.3) is 0 Å². The van der Waals surface area contributed by atoms with Gasteiger partial charge in [-0.15, -0.1) is 0 Å². The minimum absolute atomic E-state index is 0.0914. The van der Waals surface area contributed by atoms with Gasteiger partial charge < -0.3 is 14.9 Å². The van der Waals surface area contributed by atoms with Gasteiger partial charge in [-0.05, 0) is 74.2 Å². The van der Waals surface area contributed by atoms with Gasteiger partial charge in [-0.1, -0.05) is 0 Å². The Morgan fingerprint density at radius 3 is 2.54 bits per heavy atom. The van der Waals surface area contributed by atoms with Crippen molar-refractivity contribution in [2.45, 2.75) is 39.3 Å². The second kappa shape index (κ2) is 9.44. The van der Waals surface area contributed by atoms with E-state index < -0.39 is 0 Å². The number of pyridine rings is 3. The number of anilines is 3. The van der Waals surface area contributed by atoms with Gasteiger partial charge in [0.05, 0.1) is 41.4 Å². The highest BCUT2D eigenvalue weighted by Gasteiger charge is 2.32. The number of hydrogen-bond donors (Lipinski definition) is 1. The normalized spacial score (nSPS) is 15.9. The summed E-state index contributed by atoms with van der Waals surface area (Å²) in [6, 6.07) is 13.7. The molecule has 2 amide bonds. The molecule has 1 fully saturated rings. The van der Waals surface area contributed by atoms with Crippen LogP contribution in [0.15, 0.2) is 54.9 Å². The van der Waals surface area contributed by atoms with E-state index >= 15 is 0 Å². The number of aromatic nitrogens is 3. The Labute approximate surface area is 216 Å². The third kappa shape index (κ3) is 4.17. The minimum atomic E-state index is -0.108. The van der Waals surface area contributed by atoms with Crippen LogP contribution in [0.2, 0.25) is 0 Å². The SMILES string of the molecule is Cc1cc(N2C(=O)N(C)Cc3cnc4ccc(-c5ccc(CO)nc5)nc4c32)ccc1N1CCCCC1. The van der Waals surface area contributed by atoms with E-state index in [0.717, 1.165) is 52.4 Å². The lowest BCUT2D eigenvalue weighted by atomic mass is 10.0. The Balaban J connectivity index is 1.47. The number of urea groups is 1. The van der Waals surface area contributed by atoms with E-state index in [0.29, 0.717) is 17.8 Å². The van der Waals surface area contributed by atoms with Crippen molar-refractivity contribution in [2.75, 3.05) is 29.9 Å². The molecular formula is C29H30N6O2. The van der Waals surface area contributed by atoms with Crippen LogP contribution in [-0.2, 0) is 13.2 Å². The van der Waals surface area contributed by atoms with Crippen LogP contribution in [0.5, 0.6) is 0 Å². The second-order valence-electron chi connectivity index (χ2n) is 9.89. The Kier molecular flexibility index (Phi) is 5.96. The van der Waals surface area contributed by atoms with Gasteiger partial charge in [-0.25, -0.2) is 9.78 Å². The molecular weight excluding hydrogens is 464 g/mol. The molecule has 2 aliphatic heterocycles. The molecule has 8 nitrogen and oxygen atoms in total. The Morgan fingerprint density at radius 2 is 1.81 bits per heavy atom. The zero-order chi connectivity index (χ0) is 25.5. The lowest BCUT2D eigenvalue weighted by Crippen LogP contribution is -2.42. The summed E-state index contributed by atoms with van der Waals surface area (Å²) in [4.78, 5) is 33.5. The maximum Gasteiger partial charge on any atom is 0.329 e. The van der Waals surface area contributed by atoms with Gasteiger partial charge in [-0.2, -0.15) is 0 Å². The minimum Gasteiger partial charge on any atom is -0.390 e. The number of nitrogens with zero attached hydrogens (tertiary/aromatic N) is 6.